The van der Waals surface area contributed by atoms with Gasteiger partial charge in [-0.3, -0.25) is 4.79 Å². The molecule has 1 amide bonds. The standard InChI is InChI=1S/C14H20N2OS/c1-16(12-8-9-15-10-12)14(17)13(18-2)11-6-4-3-5-7-11/h3-7,12-13,15H,8-10H2,1-2H3. The fraction of sp³-hybridized carbons (Fsp3) is 0.500. The lowest BCUT2D eigenvalue weighted by Crippen LogP contribution is -2.40. The van der Waals surface area contributed by atoms with Crippen molar-refractivity contribution in [2.45, 2.75) is 17.7 Å². The minimum Gasteiger partial charge on any atom is -0.340 e. The number of amides is 1. The molecule has 0 aromatic heterocycles. The summed E-state index contributed by atoms with van der Waals surface area (Å²) in [5.74, 6) is 0.211. The fourth-order valence-electron chi connectivity index (χ4n) is 2.34. The summed E-state index contributed by atoms with van der Waals surface area (Å²) in [6.45, 7) is 1.93. The van der Waals surface area contributed by atoms with E-state index in [0.29, 0.717) is 6.04 Å². The second kappa shape index (κ2) is 6.25. The Labute approximate surface area is 113 Å². The molecule has 1 aliphatic heterocycles. The predicted octanol–water partition coefficient (Wildman–Crippen LogP) is 1.91. The summed E-state index contributed by atoms with van der Waals surface area (Å²) in [7, 11) is 1.92. The van der Waals surface area contributed by atoms with Crippen LogP contribution in [-0.4, -0.2) is 43.2 Å². The van der Waals surface area contributed by atoms with Crippen LogP contribution in [0.1, 0.15) is 17.2 Å². The smallest absolute Gasteiger partial charge is 0.240 e. The van der Waals surface area contributed by atoms with Crippen LogP contribution in [0.3, 0.4) is 0 Å². The second-order valence-corrected chi connectivity index (χ2v) is 5.57. The molecule has 1 fully saturated rings. The van der Waals surface area contributed by atoms with E-state index in [9.17, 15) is 4.79 Å². The topological polar surface area (TPSA) is 32.3 Å². The quantitative estimate of drug-likeness (QED) is 0.901. The molecule has 2 unspecified atom stereocenters. The summed E-state index contributed by atoms with van der Waals surface area (Å²) in [5, 5.41) is 3.22. The number of nitrogens with one attached hydrogen (secondary N) is 1. The largest absolute Gasteiger partial charge is 0.340 e. The zero-order valence-electron chi connectivity index (χ0n) is 10.9. The van der Waals surface area contributed by atoms with Crippen molar-refractivity contribution in [2.24, 2.45) is 0 Å². The maximum Gasteiger partial charge on any atom is 0.240 e. The van der Waals surface area contributed by atoms with Crippen molar-refractivity contribution < 1.29 is 4.79 Å². The van der Waals surface area contributed by atoms with E-state index < -0.39 is 0 Å². The van der Waals surface area contributed by atoms with Crippen molar-refractivity contribution in [3.05, 3.63) is 35.9 Å². The lowest BCUT2D eigenvalue weighted by Gasteiger charge is -2.27. The molecule has 0 spiro atoms. The minimum atomic E-state index is -0.0863. The van der Waals surface area contributed by atoms with Gasteiger partial charge in [0.25, 0.3) is 0 Å². The average Bonchev–Trinajstić information content (AvgIpc) is 2.94. The highest BCUT2D eigenvalue weighted by atomic mass is 32.2. The SMILES string of the molecule is CSC(C(=O)N(C)C1CCNC1)c1ccccc1. The Morgan fingerprint density at radius 2 is 2.17 bits per heavy atom. The van der Waals surface area contributed by atoms with Crippen LogP contribution < -0.4 is 5.32 Å². The minimum absolute atomic E-state index is 0.0863. The predicted molar refractivity (Wildman–Crippen MR) is 76.7 cm³/mol. The van der Waals surface area contributed by atoms with Gasteiger partial charge in [0.05, 0.1) is 0 Å². The summed E-state index contributed by atoms with van der Waals surface area (Å²) >= 11 is 1.61. The Hall–Kier alpha value is -1.00. The normalized spacial score (nSPS) is 20.7. The third-order valence-electron chi connectivity index (χ3n) is 3.49. The Morgan fingerprint density at radius 1 is 1.44 bits per heavy atom. The van der Waals surface area contributed by atoms with Gasteiger partial charge in [-0.2, -0.15) is 0 Å². The molecule has 4 heteroatoms. The molecule has 0 aliphatic carbocycles. The first-order valence-electron chi connectivity index (χ1n) is 6.29. The van der Waals surface area contributed by atoms with Gasteiger partial charge in [0, 0.05) is 19.6 Å². The number of carbonyl (C=O) groups excluding carboxylic acids is 1. The average molecular weight is 264 g/mol. The van der Waals surface area contributed by atoms with Crippen molar-refractivity contribution in [1.82, 2.24) is 10.2 Å². The highest BCUT2D eigenvalue weighted by Gasteiger charge is 2.28. The first kappa shape index (κ1) is 13.4. The number of likely N-dealkylation sites (N-methyl/N-ethyl adjacent to an activating group) is 1. The van der Waals surface area contributed by atoms with Gasteiger partial charge in [-0.1, -0.05) is 30.3 Å². The maximum absolute atomic E-state index is 12.5. The van der Waals surface area contributed by atoms with Crippen LogP contribution in [0, 0.1) is 0 Å². The zero-order chi connectivity index (χ0) is 13.0. The van der Waals surface area contributed by atoms with E-state index in [1.54, 1.807) is 11.8 Å². The van der Waals surface area contributed by atoms with Crippen LogP contribution in [0.25, 0.3) is 0 Å². The van der Waals surface area contributed by atoms with E-state index in [0.717, 1.165) is 25.1 Å². The molecule has 1 aromatic rings. The fourth-order valence-corrected chi connectivity index (χ4v) is 3.14. The summed E-state index contributed by atoms with van der Waals surface area (Å²) in [4.78, 5) is 14.4. The third kappa shape index (κ3) is 2.87. The number of benzene rings is 1. The van der Waals surface area contributed by atoms with Gasteiger partial charge in [0.1, 0.15) is 5.25 Å². The Kier molecular flexibility index (Phi) is 4.66. The van der Waals surface area contributed by atoms with Crippen molar-refractivity contribution in [3.63, 3.8) is 0 Å². The molecule has 3 nitrogen and oxygen atoms in total. The summed E-state index contributed by atoms with van der Waals surface area (Å²) in [6, 6.07) is 10.4. The molecule has 98 valence electrons. The molecule has 1 aliphatic rings. The van der Waals surface area contributed by atoms with Crippen LogP contribution in [0.2, 0.25) is 0 Å². The number of rotatable bonds is 4. The maximum atomic E-state index is 12.5. The van der Waals surface area contributed by atoms with E-state index in [4.69, 9.17) is 0 Å². The van der Waals surface area contributed by atoms with Gasteiger partial charge >= 0.3 is 0 Å². The molecule has 0 bridgehead atoms. The van der Waals surface area contributed by atoms with Crippen LogP contribution >= 0.6 is 11.8 Å². The lowest BCUT2D eigenvalue weighted by molar-refractivity contribution is -0.131. The van der Waals surface area contributed by atoms with Gasteiger partial charge < -0.3 is 10.2 Å². The first-order valence-corrected chi connectivity index (χ1v) is 7.58. The van der Waals surface area contributed by atoms with Crippen molar-refractivity contribution in [3.8, 4) is 0 Å². The Balaban J connectivity index is 2.10. The highest BCUT2D eigenvalue weighted by molar-refractivity contribution is 7.99. The molecule has 2 atom stereocenters. The van der Waals surface area contributed by atoms with Crippen LogP contribution in [0.15, 0.2) is 30.3 Å². The van der Waals surface area contributed by atoms with Gasteiger partial charge in [0.2, 0.25) is 5.91 Å². The molecule has 2 rings (SSSR count). The molecule has 1 heterocycles. The molecule has 1 aromatic carbocycles. The highest BCUT2D eigenvalue weighted by Crippen LogP contribution is 2.29. The Morgan fingerprint density at radius 3 is 2.72 bits per heavy atom. The summed E-state index contributed by atoms with van der Waals surface area (Å²) < 4.78 is 0. The number of nitrogens with zero attached hydrogens (tertiary/aromatic N) is 1. The number of carbonyl (C=O) groups is 1. The Bertz CT molecular complexity index is 390. The van der Waals surface area contributed by atoms with Gasteiger partial charge in [-0.15, -0.1) is 11.8 Å². The van der Waals surface area contributed by atoms with Crippen LogP contribution in [0.5, 0.6) is 0 Å². The summed E-state index contributed by atoms with van der Waals surface area (Å²) in [6.07, 6.45) is 3.05. The molecule has 18 heavy (non-hydrogen) atoms. The van der Waals surface area contributed by atoms with Gasteiger partial charge in [-0.05, 0) is 24.8 Å². The van der Waals surface area contributed by atoms with Gasteiger partial charge in [0.15, 0.2) is 0 Å². The van der Waals surface area contributed by atoms with Crippen LogP contribution in [0.4, 0.5) is 0 Å². The summed E-state index contributed by atoms with van der Waals surface area (Å²) in [5.41, 5.74) is 1.09. The molecular weight excluding hydrogens is 244 g/mol. The van der Waals surface area contributed by atoms with Gasteiger partial charge in [-0.25, -0.2) is 0 Å². The third-order valence-corrected chi connectivity index (χ3v) is 4.44. The van der Waals surface area contributed by atoms with E-state index in [2.05, 4.69) is 5.32 Å². The molecule has 1 saturated heterocycles. The van der Waals surface area contributed by atoms with E-state index in [1.807, 2.05) is 48.5 Å². The van der Waals surface area contributed by atoms with Crippen molar-refractivity contribution >= 4 is 17.7 Å². The number of hydrogen-bond donors (Lipinski definition) is 1. The van der Waals surface area contributed by atoms with Crippen molar-refractivity contribution in [1.29, 1.82) is 0 Å². The van der Waals surface area contributed by atoms with E-state index in [1.165, 1.54) is 0 Å². The molecule has 0 radical (unpaired) electrons. The van der Waals surface area contributed by atoms with Crippen LogP contribution in [-0.2, 0) is 4.79 Å². The number of thioether (sulfide) groups is 1. The molecule has 1 N–H and O–H groups in total. The molecule has 0 saturated carbocycles. The monoisotopic (exact) mass is 264 g/mol. The number of hydrogen-bond acceptors (Lipinski definition) is 3. The second-order valence-electron chi connectivity index (χ2n) is 4.62. The van der Waals surface area contributed by atoms with E-state index >= 15 is 0 Å². The molecular formula is C14H20N2OS. The first-order chi connectivity index (χ1) is 8.74. The zero-order valence-corrected chi connectivity index (χ0v) is 11.7. The van der Waals surface area contributed by atoms with E-state index in [-0.39, 0.29) is 11.2 Å². The lowest BCUT2D eigenvalue weighted by atomic mass is 10.1. The van der Waals surface area contributed by atoms with Crippen molar-refractivity contribution in [2.75, 3.05) is 26.4 Å².